The summed E-state index contributed by atoms with van der Waals surface area (Å²) in [6.45, 7) is 5.27. The molecule has 2 aromatic rings. The Morgan fingerprint density at radius 2 is 1.74 bits per heavy atom. The first-order valence-electron chi connectivity index (χ1n) is 8.97. The Bertz CT molecular complexity index is 770. The molecule has 0 unspecified atom stereocenters. The Kier molecular flexibility index (Phi) is 7.82. The maximum atomic E-state index is 12.2. The number of hydrogen-bond donors (Lipinski definition) is 3. The molecule has 0 bridgehead atoms. The van der Waals surface area contributed by atoms with Gasteiger partial charge in [-0.1, -0.05) is 12.1 Å². The minimum absolute atomic E-state index is 0.117. The highest BCUT2D eigenvalue weighted by molar-refractivity contribution is 5.96. The normalized spacial score (nSPS) is 10.3. The number of ether oxygens (including phenoxy) is 1. The molecule has 0 heterocycles. The quantitative estimate of drug-likeness (QED) is 0.594. The molecule has 6 heteroatoms. The van der Waals surface area contributed by atoms with Gasteiger partial charge in [0.15, 0.2) is 0 Å². The maximum absolute atomic E-state index is 12.2. The zero-order chi connectivity index (χ0) is 19.6. The summed E-state index contributed by atoms with van der Waals surface area (Å²) in [7, 11) is 1.63. The molecule has 3 N–H and O–H groups in total. The van der Waals surface area contributed by atoms with Gasteiger partial charge < -0.3 is 20.7 Å². The van der Waals surface area contributed by atoms with Crippen LogP contribution in [-0.2, 0) is 9.53 Å². The van der Waals surface area contributed by atoms with Crippen molar-refractivity contribution in [2.24, 2.45) is 0 Å². The van der Waals surface area contributed by atoms with Gasteiger partial charge >= 0.3 is 0 Å². The van der Waals surface area contributed by atoms with Gasteiger partial charge in [0.2, 0.25) is 5.91 Å². The molecular formula is C21H27N3O3. The highest BCUT2D eigenvalue weighted by atomic mass is 16.5. The molecule has 144 valence electrons. The molecule has 0 fully saturated rings. The standard InChI is InChI=1S/C21H27N3O3/c1-15-10-16(2)12-19(11-15)24-20(25)14-23-18-7-4-6-17(13-18)21(26)22-8-5-9-27-3/h4,6-7,10-13,23H,5,8-9,14H2,1-3H3,(H,22,26)(H,24,25). The second-order valence-electron chi connectivity index (χ2n) is 6.46. The van der Waals surface area contributed by atoms with Crippen LogP contribution in [0.4, 0.5) is 11.4 Å². The van der Waals surface area contributed by atoms with E-state index >= 15 is 0 Å². The first-order chi connectivity index (χ1) is 13.0. The van der Waals surface area contributed by atoms with Gasteiger partial charge in [0.25, 0.3) is 5.91 Å². The van der Waals surface area contributed by atoms with Crippen LogP contribution in [0.5, 0.6) is 0 Å². The van der Waals surface area contributed by atoms with Crippen LogP contribution in [0.25, 0.3) is 0 Å². The average Bonchev–Trinajstić information content (AvgIpc) is 2.63. The van der Waals surface area contributed by atoms with Gasteiger partial charge in [-0.3, -0.25) is 9.59 Å². The number of hydrogen-bond acceptors (Lipinski definition) is 4. The summed E-state index contributed by atoms with van der Waals surface area (Å²) in [5.74, 6) is -0.288. The van der Waals surface area contributed by atoms with Crippen LogP contribution < -0.4 is 16.0 Å². The van der Waals surface area contributed by atoms with Gasteiger partial charge in [0.1, 0.15) is 0 Å². The van der Waals surface area contributed by atoms with Gasteiger partial charge in [-0.05, 0) is 61.7 Å². The minimum Gasteiger partial charge on any atom is -0.385 e. The van der Waals surface area contributed by atoms with E-state index in [0.29, 0.717) is 18.7 Å². The van der Waals surface area contributed by atoms with Crippen LogP contribution in [0, 0.1) is 13.8 Å². The molecule has 0 spiro atoms. The van der Waals surface area contributed by atoms with Crippen LogP contribution >= 0.6 is 0 Å². The summed E-state index contributed by atoms with van der Waals surface area (Å²) < 4.78 is 4.96. The monoisotopic (exact) mass is 369 g/mol. The molecule has 0 aliphatic heterocycles. The summed E-state index contributed by atoms with van der Waals surface area (Å²) in [5, 5.41) is 8.78. The summed E-state index contributed by atoms with van der Waals surface area (Å²) in [5.41, 5.74) is 4.25. The lowest BCUT2D eigenvalue weighted by atomic mass is 10.1. The Morgan fingerprint density at radius 3 is 2.44 bits per heavy atom. The predicted octanol–water partition coefficient (Wildman–Crippen LogP) is 3.12. The molecule has 0 aromatic heterocycles. The number of rotatable bonds is 9. The van der Waals surface area contributed by atoms with Crippen molar-refractivity contribution in [2.75, 3.05) is 37.4 Å². The fourth-order valence-electron chi connectivity index (χ4n) is 2.73. The molecule has 0 aliphatic rings. The van der Waals surface area contributed by atoms with E-state index in [1.807, 2.05) is 32.0 Å². The van der Waals surface area contributed by atoms with E-state index in [1.165, 1.54) is 0 Å². The van der Waals surface area contributed by atoms with Crippen molar-refractivity contribution >= 4 is 23.2 Å². The molecule has 2 amide bonds. The van der Waals surface area contributed by atoms with E-state index in [9.17, 15) is 9.59 Å². The number of nitrogens with one attached hydrogen (secondary N) is 3. The van der Waals surface area contributed by atoms with Crippen molar-refractivity contribution in [3.63, 3.8) is 0 Å². The third kappa shape index (κ3) is 7.11. The van der Waals surface area contributed by atoms with Crippen molar-refractivity contribution in [1.29, 1.82) is 0 Å². The van der Waals surface area contributed by atoms with E-state index in [1.54, 1.807) is 25.3 Å². The summed E-state index contributed by atoms with van der Waals surface area (Å²) >= 11 is 0. The van der Waals surface area contributed by atoms with E-state index in [4.69, 9.17) is 4.74 Å². The number of anilines is 2. The Balaban J connectivity index is 1.86. The molecule has 27 heavy (non-hydrogen) atoms. The lowest BCUT2D eigenvalue weighted by Crippen LogP contribution is -2.25. The SMILES string of the molecule is COCCCNC(=O)c1cccc(NCC(=O)Nc2cc(C)cc(C)c2)c1. The Labute approximate surface area is 160 Å². The largest absolute Gasteiger partial charge is 0.385 e. The number of carbonyl (C=O) groups excluding carboxylic acids is 2. The van der Waals surface area contributed by atoms with Crippen molar-refractivity contribution in [2.45, 2.75) is 20.3 Å². The molecule has 0 aliphatic carbocycles. The van der Waals surface area contributed by atoms with Gasteiger partial charge in [0, 0.05) is 37.2 Å². The Morgan fingerprint density at radius 1 is 1.00 bits per heavy atom. The topological polar surface area (TPSA) is 79.5 Å². The van der Waals surface area contributed by atoms with Crippen molar-refractivity contribution in [3.05, 3.63) is 59.2 Å². The van der Waals surface area contributed by atoms with Crippen molar-refractivity contribution in [1.82, 2.24) is 5.32 Å². The summed E-state index contributed by atoms with van der Waals surface area (Å²) in [6, 6.07) is 13.0. The van der Waals surface area contributed by atoms with Crippen LogP contribution in [0.1, 0.15) is 27.9 Å². The smallest absolute Gasteiger partial charge is 0.251 e. The zero-order valence-electron chi connectivity index (χ0n) is 16.1. The number of benzene rings is 2. The van der Waals surface area contributed by atoms with Crippen LogP contribution in [-0.4, -0.2) is 38.6 Å². The van der Waals surface area contributed by atoms with E-state index in [0.717, 1.165) is 28.9 Å². The molecule has 6 nitrogen and oxygen atoms in total. The highest BCUT2D eigenvalue weighted by Crippen LogP contribution is 2.14. The van der Waals surface area contributed by atoms with Crippen molar-refractivity contribution in [3.8, 4) is 0 Å². The fraction of sp³-hybridized carbons (Fsp3) is 0.333. The number of aryl methyl sites for hydroxylation is 2. The molecule has 0 atom stereocenters. The third-order valence-electron chi connectivity index (χ3n) is 3.89. The Hall–Kier alpha value is -2.86. The van der Waals surface area contributed by atoms with Gasteiger partial charge in [-0.2, -0.15) is 0 Å². The van der Waals surface area contributed by atoms with Crippen LogP contribution in [0.15, 0.2) is 42.5 Å². The van der Waals surface area contributed by atoms with Crippen LogP contribution in [0.2, 0.25) is 0 Å². The molecule has 0 saturated heterocycles. The van der Waals surface area contributed by atoms with Crippen molar-refractivity contribution < 1.29 is 14.3 Å². The van der Waals surface area contributed by atoms with E-state index in [-0.39, 0.29) is 18.4 Å². The second kappa shape index (κ2) is 10.3. The van der Waals surface area contributed by atoms with Crippen LogP contribution in [0.3, 0.4) is 0 Å². The van der Waals surface area contributed by atoms with E-state index < -0.39 is 0 Å². The maximum Gasteiger partial charge on any atom is 0.251 e. The molecular weight excluding hydrogens is 342 g/mol. The fourth-order valence-corrected chi connectivity index (χ4v) is 2.73. The summed E-state index contributed by atoms with van der Waals surface area (Å²) in [4.78, 5) is 24.3. The zero-order valence-corrected chi connectivity index (χ0v) is 16.1. The predicted molar refractivity (Wildman–Crippen MR) is 108 cm³/mol. The number of carbonyl (C=O) groups is 2. The number of amides is 2. The number of methoxy groups -OCH3 is 1. The second-order valence-corrected chi connectivity index (χ2v) is 6.46. The lowest BCUT2D eigenvalue weighted by molar-refractivity contribution is -0.114. The first-order valence-corrected chi connectivity index (χ1v) is 8.97. The first kappa shape index (κ1) is 20.5. The molecule has 2 aromatic carbocycles. The van der Waals surface area contributed by atoms with Gasteiger partial charge in [-0.25, -0.2) is 0 Å². The van der Waals surface area contributed by atoms with Gasteiger partial charge in [-0.15, -0.1) is 0 Å². The van der Waals surface area contributed by atoms with E-state index in [2.05, 4.69) is 22.0 Å². The molecule has 0 radical (unpaired) electrons. The summed E-state index contributed by atoms with van der Waals surface area (Å²) in [6.07, 6.45) is 0.763. The molecule has 0 saturated carbocycles. The minimum atomic E-state index is -0.144. The third-order valence-corrected chi connectivity index (χ3v) is 3.89. The average molecular weight is 369 g/mol. The highest BCUT2D eigenvalue weighted by Gasteiger charge is 2.07. The lowest BCUT2D eigenvalue weighted by Gasteiger charge is -2.10. The molecule has 2 rings (SSSR count). The van der Waals surface area contributed by atoms with Gasteiger partial charge in [0.05, 0.1) is 6.54 Å².